The maximum Gasteiger partial charge on any atom is 0.131 e. The molecule has 1 aromatic heterocycles. The van der Waals surface area contributed by atoms with E-state index in [1.807, 2.05) is 13.0 Å². The molecular formula is C15H19NO4. The highest BCUT2D eigenvalue weighted by atomic mass is 16.5. The first-order valence-electron chi connectivity index (χ1n) is 6.21. The highest BCUT2D eigenvalue weighted by molar-refractivity contribution is 5.54. The van der Waals surface area contributed by atoms with Crippen molar-refractivity contribution in [3.05, 3.63) is 41.3 Å². The summed E-state index contributed by atoms with van der Waals surface area (Å²) in [5.41, 5.74) is 8.03. The molecule has 0 radical (unpaired) electrons. The van der Waals surface area contributed by atoms with Gasteiger partial charge >= 0.3 is 0 Å². The molecular weight excluding hydrogens is 258 g/mol. The molecule has 1 unspecified atom stereocenters. The second kappa shape index (κ2) is 5.88. The molecule has 0 saturated heterocycles. The zero-order valence-corrected chi connectivity index (χ0v) is 12.1. The van der Waals surface area contributed by atoms with E-state index in [-0.39, 0.29) is 0 Å². The molecule has 2 N–H and O–H groups in total. The number of nitrogens with two attached hydrogens (primary N) is 1. The summed E-state index contributed by atoms with van der Waals surface area (Å²) >= 11 is 0. The van der Waals surface area contributed by atoms with Crippen LogP contribution in [0.1, 0.15) is 22.9 Å². The number of rotatable bonds is 5. The molecule has 20 heavy (non-hydrogen) atoms. The Morgan fingerprint density at radius 3 is 2.05 bits per heavy atom. The van der Waals surface area contributed by atoms with Crippen LogP contribution in [0.5, 0.6) is 17.2 Å². The van der Waals surface area contributed by atoms with Crippen molar-refractivity contribution in [3.63, 3.8) is 0 Å². The largest absolute Gasteiger partial charge is 0.496 e. The van der Waals surface area contributed by atoms with E-state index in [1.54, 1.807) is 39.7 Å². The van der Waals surface area contributed by atoms with Crippen molar-refractivity contribution in [1.82, 2.24) is 0 Å². The van der Waals surface area contributed by atoms with Gasteiger partial charge in [-0.25, -0.2) is 0 Å². The molecule has 1 atom stereocenters. The Kier molecular flexibility index (Phi) is 4.20. The summed E-state index contributed by atoms with van der Waals surface area (Å²) in [5.74, 6) is 2.53. The molecule has 5 heteroatoms. The van der Waals surface area contributed by atoms with E-state index in [2.05, 4.69) is 0 Å². The normalized spacial score (nSPS) is 12.1. The van der Waals surface area contributed by atoms with E-state index in [0.29, 0.717) is 23.0 Å². The van der Waals surface area contributed by atoms with Crippen LogP contribution in [0.3, 0.4) is 0 Å². The number of hydrogen-bond donors (Lipinski definition) is 1. The van der Waals surface area contributed by atoms with E-state index < -0.39 is 6.04 Å². The molecule has 108 valence electrons. The van der Waals surface area contributed by atoms with Gasteiger partial charge < -0.3 is 24.4 Å². The molecule has 0 bridgehead atoms. The van der Waals surface area contributed by atoms with Crippen LogP contribution in [-0.2, 0) is 0 Å². The minimum atomic E-state index is -0.471. The lowest BCUT2D eigenvalue weighted by molar-refractivity contribution is 0.362. The summed E-state index contributed by atoms with van der Waals surface area (Å²) in [4.78, 5) is 0. The Hall–Kier alpha value is -2.14. The van der Waals surface area contributed by atoms with Crippen LogP contribution in [-0.4, -0.2) is 21.3 Å². The Bertz CT molecular complexity index is 566. The molecule has 0 saturated carbocycles. The van der Waals surface area contributed by atoms with Gasteiger partial charge in [-0.05, 0) is 18.6 Å². The third-order valence-corrected chi connectivity index (χ3v) is 3.25. The van der Waals surface area contributed by atoms with Crippen LogP contribution in [0.25, 0.3) is 0 Å². The molecule has 0 aliphatic carbocycles. The van der Waals surface area contributed by atoms with E-state index in [4.69, 9.17) is 24.4 Å². The maximum absolute atomic E-state index is 6.31. The molecule has 1 heterocycles. The van der Waals surface area contributed by atoms with Gasteiger partial charge in [-0.3, -0.25) is 0 Å². The quantitative estimate of drug-likeness (QED) is 0.910. The zero-order valence-electron chi connectivity index (χ0n) is 12.1. The van der Waals surface area contributed by atoms with Gasteiger partial charge in [0.25, 0.3) is 0 Å². The van der Waals surface area contributed by atoms with Gasteiger partial charge in [0.15, 0.2) is 0 Å². The van der Waals surface area contributed by atoms with Crippen molar-refractivity contribution in [3.8, 4) is 17.2 Å². The molecule has 0 spiro atoms. The number of methoxy groups -OCH3 is 3. The second-order valence-corrected chi connectivity index (χ2v) is 4.39. The van der Waals surface area contributed by atoms with Crippen molar-refractivity contribution in [2.24, 2.45) is 5.73 Å². The fourth-order valence-electron chi connectivity index (χ4n) is 2.17. The van der Waals surface area contributed by atoms with Gasteiger partial charge in [-0.15, -0.1) is 0 Å². The molecule has 5 nitrogen and oxygen atoms in total. The Morgan fingerprint density at radius 1 is 1.05 bits per heavy atom. The van der Waals surface area contributed by atoms with Gasteiger partial charge in [0.05, 0.1) is 39.2 Å². The van der Waals surface area contributed by atoms with Crippen LogP contribution in [0.15, 0.2) is 28.9 Å². The Labute approximate surface area is 118 Å². The average molecular weight is 277 g/mol. The topological polar surface area (TPSA) is 66.9 Å². The van der Waals surface area contributed by atoms with E-state index >= 15 is 0 Å². The lowest BCUT2D eigenvalue weighted by Gasteiger charge is -2.19. The number of aryl methyl sites for hydroxylation is 1. The van der Waals surface area contributed by atoms with Crippen molar-refractivity contribution < 1.29 is 18.6 Å². The van der Waals surface area contributed by atoms with Gasteiger partial charge in [0, 0.05) is 12.1 Å². The third kappa shape index (κ3) is 2.44. The fourth-order valence-corrected chi connectivity index (χ4v) is 2.17. The molecule has 2 aromatic rings. The van der Waals surface area contributed by atoms with Crippen molar-refractivity contribution in [2.75, 3.05) is 21.3 Å². The standard InChI is InChI=1S/C15H19NO4/c1-9-5-6-20-15(9)14(16)13-11(18-3)7-10(17-2)8-12(13)19-4/h5-8,14H,16H2,1-4H3. The summed E-state index contributed by atoms with van der Waals surface area (Å²) in [6.07, 6.45) is 1.62. The summed E-state index contributed by atoms with van der Waals surface area (Å²) in [5, 5.41) is 0. The molecule has 1 aromatic carbocycles. The SMILES string of the molecule is COc1cc(OC)c(C(N)c2occc2C)c(OC)c1. The van der Waals surface area contributed by atoms with E-state index in [0.717, 1.165) is 11.1 Å². The number of ether oxygens (including phenoxy) is 3. The summed E-state index contributed by atoms with van der Waals surface area (Å²) < 4.78 is 21.5. The Balaban J connectivity index is 2.57. The number of hydrogen-bond acceptors (Lipinski definition) is 5. The highest BCUT2D eigenvalue weighted by Crippen LogP contribution is 2.40. The van der Waals surface area contributed by atoms with Gasteiger partial charge in [0.2, 0.25) is 0 Å². The number of benzene rings is 1. The van der Waals surface area contributed by atoms with Crippen molar-refractivity contribution >= 4 is 0 Å². The van der Waals surface area contributed by atoms with Crippen LogP contribution >= 0.6 is 0 Å². The van der Waals surface area contributed by atoms with Crippen LogP contribution in [0.4, 0.5) is 0 Å². The summed E-state index contributed by atoms with van der Waals surface area (Å²) in [7, 11) is 4.75. The predicted octanol–water partition coefficient (Wildman–Crippen LogP) is 2.66. The fraction of sp³-hybridized carbons (Fsp3) is 0.333. The monoisotopic (exact) mass is 277 g/mol. The molecule has 0 aliphatic rings. The maximum atomic E-state index is 6.31. The number of furan rings is 1. The van der Waals surface area contributed by atoms with Crippen LogP contribution < -0.4 is 19.9 Å². The van der Waals surface area contributed by atoms with Crippen molar-refractivity contribution in [1.29, 1.82) is 0 Å². The van der Waals surface area contributed by atoms with Crippen LogP contribution in [0.2, 0.25) is 0 Å². The minimum Gasteiger partial charge on any atom is -0.496 e. The van der Waals surface area contributed by atoms with Crippen LogP contribution in [0, 0.1) is 6.92 Å². The lowest BCUT2D eigenvalue weighted by atomic mass is 10.0. The van der Waals surface area contributed by atoms with Crippen molar-refractivity contribution in [2.45, 2.75) is 13.0 Å². The zero-order chi connectivity index (χ0) is 14.7. The van der Waals surface area contributed by atoms with E-state index in [9.17, 15) is 0 Å². The average Bonchev–Trinajstić information content (AvgIpc) is 2.91. The van der Waals surface area contributed by atoms with E-state index in [1.165, 1.54) is 0 Å². The molecule has 2 rings (SSSR count). The smallest absolute Gasteiger partial charge is 0.131 e. The first-order valence-corrected chi connectivity index (χ1v) is 6.21. The highest BCUT2D eigenvalue weighted by Gasteiger charge is 2.24. The first-order chi connectivity index (χ1) is 9.62. The third-order valence-electron chi connectivity index (χ3n) is 3.25. The molecule has 0 amide bonds. The second-order valence-electron chi connectivity index (χ2n) is 4.39. The van der Waals surface area contributed by atoms with Gasteiger partial charge in [-0.1, -0.05) is 0 Å². The van der Waals surface area contributed by atoms with Gasteiger partial charge in [0.1, 0.15) is 23.0 Å². The predicted molar refractivity (Wildman–Crippen MR) is 75.6 cm³/mol. The molecule has 0 fully saturated rings. The Morgan fingerprint density at radius 2 is 1.65 bits per heavy atom. The minimum absolute atomic E-state index is 0.471. The summed E-state index contributed by atoms with van der Waals surface area (Å²) in [6, 6.07) is 4.95. The van der Waals surface area contributed by atoms with Gasteiger partial charge in [-0.2, -0.15) is 0 Å². The lowest BCUT2D eigenvalue weighted by Crippen LogP contribution is -2.15. The first kappa shape index (κ1) is 14.3. The molecule has 0 aliphatic heterocycles. The summed E-state index contributed by atoms with van der Waals surface area (Å²) in [6.45, 7) is 1.95.